The van der Waals surface area contributed by atoms with E-state index in [2.05, 4.69) is 15.3 Å². The SMILES string of the molecule is Cc1cnc(C(C)Nc2ncc([N+](=O)[O-])cc2C(=O)O)o1. The van der Waals surface area contributed by atoms with Crippen molar-refractivity contribution in [1.82, 2.24) is 9.97 Å². The van der Waals surface area contributed by atoms with Gasteiger partial charge in [-0.25, -0.2) is 14.8 Å². The van der Waals surface area contributed by atoms with Gasteiger partial charge >= 0.3 is 5.97 Å². The van der Waals surface area contributed by atoms with Crippen LogP contribution in [0.4, 0.5) is 11.5 Å². The molecule has 2 aromatic rings. The number of aromatic carboxylic acids is 1. The molecule has 0 amide bonds. The number of hydrogen-bond acceptors (Lipinski definition) is 7. The van der Waals surface area contributed by atoms with Gasteiger partial charge in [0, 0.05) is 6.07 Å². The van der Waals surface area contributed by atoms with Gasteiger partial charge in [0.05, 0.1) is 11.1 Å². The molecule has 0 radical (unpaired) electrons. The van der Waals surface area contributed by atoms with Crippen molar-refractivity contribution in [2.45, 2.75) is 19.9 Å². The Bertz CT molecular complexity index is 697. The van der Waals surface area contributed by atoms with Crippen molar-refractivity contribution in [3.8, 4) is 0 Å². The van der Waals surface area contributed by atoms with Crippen molar-refractivity contribution in [3.05, 3.63) is 45.8 Å². The summed E-state index contributed by atoms with van der Waals surface area (Å²) in [7, 11) is 0. The van der Waals surface area contributed by atoms with Crippen LogP contribution in [0.5, 0.6) is 0 Å². The van der Waals surface area contributed by atoms with Crippen molar-refractivity contribution in [2.75, 3.05) is 5.32 Å². The molecule has 0 saturated carbocycles. The van der Waals surface area contributed by atoms with Gasteiger partial charge < -0.3 is 14.8 Å². The number of rotatable bonds is 5. The van der Waals surface area contributed by atoms with Crippen LogP contribution in [0.3, 0.4) is 0 Å². The molecule has 0 saturated heterocycles. The molecule has 0 aliphatic rings. The van der Waals surface area contributed by atoms with E-state index in [1.165, 1.54) is 6.20 Å². The van der Waals surface area contributed by atoms with Crippen LogP contribution in [-0.2, 0) is 0 Å². The Hall–Kier alpha value is -2.97. The van der Waals surface area contributed by atoms with E-state index in [1.54, 1.807) is 13.8 Å². The lowest BCUT2D eigenvalue weighted by Crippen LogP contribution is -2.13. The van der Waals surface area contributed by atoms with E-state index in [4.69, 9.17) is 9.52 Å². The number of carbonyl (C=O) groups is 1. The predicted molar refractivity (Wildman–Crippen MR) is 71.1 cm³/mol. The summed E-state index contributed by atoms with van der Waals surface area (Å²) in [6, 6.07) is 0.510. The Balaban J connectivity index is 2.31. The zero-order valence-electron chi connectivity index (χ0n) is 11.2. The lowest BCUT2D eigenvalue weighted by molar-refractivity contribution is -0.385. The van der Waals surface area contributed by atoms with Crippen molar-refractivity contribution in [2.24, 2.45) is 0 Å². The number of aryl methyl sites for hydroxylation is 1. The van der Waals surface area contributed by atoms with E-state index in [9.17, 15) is 14.9 Å². The summed E-state index contributed by atoms with van der Waals surface area (Å²) in [6.07, 6.45) is 2.52. The number of oxazole rings is 1. The van der Waals surface area contributed by atoms with Crippen molar-refractivity contribution >= 4 is 17.5 Å². The molecule has 0 aromatic carbocycles. The van der Waals surface area contributed by atoms with Crippen LogP contribution in [0.2, 0.25) is 0 Å². The summed E-state index contributed by atoms with van der Waals surface area (Å²) in [6.45, 7) is 3.44. The minimum Gasteiger partial charge on any atom is -0.478 e. The molecule has 0 spiro atoms. The van der Waals surface area contributed by atoms with Gasteiger partial charge in [0.2, 0.25) is 5.89 Å². The summed E-state index contributed by atoms with van der Waals surface area (Å²) < 4.78 is 5.32. The summed E-state index contributed by atoms with van der Waals surface area (Å²) >= 11 is 0. The molecule has 2 heterocycles. The fourth-order valence-corrected chi connectivity index (χ4v) is 1.67. The normalized spacial score (nSPS) is 11.9. The Morgan fingerprint density at radius 1 is 1.48 bits per heavy atom. The van der Waals surface area contributed by atoms with Crippen molar-refractivity contribution < 1.29 is 19.2 Å². The van der Waals surface area contributed by atoms with E-state index in [1.807, 2.05) is 0 Å². The minimum atomic E-state index is -1.32. The third kappa shape index (κ3) is 3.14. The standard InChI is InChI=1S/C12H12N4O5/c1-6-4-14-11(21-6)7(2)15-10-9(12(17)18)3-8(5-13-10)16(19)20/h3-5,7H,1-2H3,(H,13,15)(H,17,18). The zero-order chi connectivity index (χ0) is 15.6. The van der Waals surface area contributed by atoms with Crippen LogP contribution in [0.1, 0.15) is 35.0 Å². The number of nitrogens with one attached hydrogen (secondary N) is 1. The molecule has 2 N–H and O–H groups in total. The number of carboxylic acids is 1. The monoisotopic (exact) mass is 292 g/mol. The van der Waals surface area contributed by atoms with Crippen LogP contribution in [-0.4, -0.2) is 26.0 Å². The molecule has 2 aromatic heterocycles. The van der Waals surface area contributed by atoms with Gasteiger partial charge in [-0.2, -0.15) is 0 Å². The quantitative estimate of drug-likeness (QED) is 0.633. The van der Waals surface area contributed by atoms with Crippen molar-refractivity contribution in [1.29, 1.82) is 0 Å². The second-order valence-corrected chi connectivity index (χ2v) is 4.33. The molecule has 1 atom stereocenters. The second kappa shape index (κ2) is 5.57. The van der Waals surface area contributed by atoms with Crippen LogP contribution >= 0.6 is 0 Å². The van der Waals surface area contributed by atoms with E-state index in [0.717, 1.165) is 12.3 Å². The molecule has 1 unspecified atom stereocenters. The fourth-order valence-electron chi connectivity index (χ4n) is 1.67. The highest BCUT2D eigenvalue weighted by atomic mass is 16.6. The summed E-state index contributed by atoms with van der Waals surface area (Å²) in [5.41, 5.74) is -0.683. The van der Waals surface area contributed by atoms with Crippen LogP contribution in [0.25, 0.3) is 0 Å². The van der Waals surface area contributed by atoms with Gasteiger partial charge in [-0.05, 0) is 13.8 Å². The van der Waals surface area contributed by atoms with Gasteiger partial charge in [-0.3, -0.25) is 10.1 Å². The third-order valence-electron chi connectivity index (χ3n) is 2.68. The average Bonchev–Trinajstić information content (AvgIpc) is 2.85. The topological polar surface area (TPSA) is 131 Å². The average molecular weight is 292 g/mol. The Morgan fingerprint density at radius 3 is 2.71 bits per heavy atom. The molecular formula is C12H12N4O5. The maximum Gasteiger partial charge on any atom is 0.339 e. The Kier molecular flexibility index (Phi) is 3.83. The molecule has 0 aliphatic heterocycles. The molecule has 21 heavy (non-hydrogen) atoms. The lowest BCUT2D eigenvalue weighted by atomic mass is 10.2. The Morgan fingerprint density at radius 2 is 2.19 bits per heavy atom. The van der Waals surface area contributed by atoms with E-state index >= 15 is 0 Å². The maximum absolute atomic E-state index is 11.2. The fraction of sp³-hybridized carbons (Fsp3) is 0.250. The lowest BCUT2D eigenvalue weighted by Gasteiger charge is -2.12. The minimum absolute atomic E-state index is 0.0106. The Labute approximate surface area is 118 Å². The number of anilines is 1. The summed E-state index contributed by atoms with van der Waals surface area (Å²) in [4.78, 5) is 28.9. The molecular weight excluding hydrogens is 280 g/mol. The van der Waals surface area contributed by atoms with Gasteiger partial charge in [-0.15, -0.1) is 0 Å². The molecule has 2 rings (SSSR count). The van der Waals surface area contributed by atoms with Crippen molar-refractivity contribution in [3.63, 3.8) is 0 Å². The van der Waals surface area contributed by atoms with Gasteiger partial charge in [0.25, 0.3) is 5.69 Å². The summed E-state index contributed by atoms with van der Waals surface area (Å²) in [5.74, 6) is -0.321. The highest BCUT2D eigenvalue weighted by molar-refractivity contribution is 5.93. The number of nitro groups is 1. The zero-order valence-corrected chi connectivity index (χ0v) is 11.2. The van der Waals surface area contributed by atoms with E-state index in [0.29, 0.717) is 11.7 Å². The number of nitrogens with zero attached hydrogens (tertiary/aromatic N) is 3. The molecule has 0 bridgehead atoms. The first-order valence-corrected chi connectivity index (χ1v) is 5.95. The molecule has 110 valence electrons. The first kappa shape index (κ1) is 14.4. The van der Waals surface area contributed by atoms with Crippen LogP contribution in [0.15, 0.2) is 22.9 Å². The van der Waals surface area contributed by atoms with Gasteiger partial charge in [0.1, 0.15) is 29.4 Å². The second-order valence-electron chi connectivity index (χ2n) is 4.33. The highest BCUT2D eigenvalue weighted by Gasteiger charge is 2.20. The smallest absolute Gasteiger partial charge is 0.339 e. The number of carboxylic acid groups (broad SMARTS) is 1. The number of aromatic nitrogens is 2. The summed E-state index contributed by atoms with van der Waals surface area (Å²) in [5, 5.41) is 22.6. The van der Waals surface area contributed by atoms with Crippen LogP contribution < -0.4 is 5.32 Å². The van der Waals surface area contributed by atoms with Crippen LogP contribution in [0, 0.1) is 17.0 Å². The van der Waals surface area contributed by atoms with E-state index < -0.39 is 22.6 Å². The molecule has 0 fully saturated rings. The number of pyridine rings is 1. The highest BCUT2D eigenvalue weighted by Crippen LogP contribution is 2.23. The first-order valence-electron chi connectivity index (χ1n) is 5.95. The molecule has 9 heteroatoms. The third-order valence-corrected chi connectivity index (χ3v) is 2.68. The van der Waals surface area contributed by atoms with E-state index in [-0.39, 0.29) is 11.4 Å². The first-order chi connectivity index (χ1) is 9.88. The van der Waals surface area contributed by atoms with Gasteiger partial charge in [-0.1, -0.05) is 0 Å². The number of hydrogen-bond donors (Lipinski definition) is 2. The largest absolute Gasteiger partial charge is 0.478 e. The molecule has 0 aliphatic carbocycles. The molecule has 9 nitrogen and oxygen atoms in total. The predicted octanol–water partition coefficient (Wildman–Crippen LogP) is 2.16. The van der Waals surface area contributed by atoms with Gasteiger partial charge in [0.15, 0.2) is 0 Å². The maximum atomic E-state index is 11.2.